The predicted molar refractivity (Wildman–Crippen MR) is 141 cm³/mol. The number of ether oxygens (including phenoxy) is 1. The summed E-state index contributed by atoms with van der Waals surface area (Å²) in [6.45, 7) is 9.50. The Bertz CT molecular complexity index is 1040. The molecular weight excluding hydrogens is 472 g/mol. The molecule has 2 heterocycles. The van der Waals surface area contributed by atoms with Crippen LogP contribution in [0.25, 0.3) is 0 Å². The monoisotopic (exact) mass is 512 g/mol. The van der Waals surface area contributed by atoms with E-state index in [-0.39, 0.29) is 31.5 Å². The standard InChI is InChI=1S/C27H40N6O4/c1-19(2)21-10-12-33(13-11-21)24(34)15-32-14-23(29-18-32)31-25(35)22(30-26(36)27(3,4)28)17-37-16-20-8-6-5-7-9-20/h5-9,14,18-19,21-22H,10-13,15-17,28H2,1-4H3,(H,30,36)(H,31,35). The van der Waals surface area contributed by atoms with E-state index in [1.54, 1.807) is 24.6 Å². The van der Waals surface area contributed by atoms with Crippen LogP contribution in [-0.4, -0.2) is 63.4 Å². The van der Waals surface area contributed by atoms with Crippen molar-refractivity contribution in [3.05, 3.63) is 48.4 Å². The lowest BCUT2D eigenvalue weighted by Crippen LogP contribution is -2.56. The van der Waals surface area contributed by atoms with E-state index in [0.717, 1.165) is 31.5 Å². The number of piperidine rings is 1. The molecule has 3 rings (SSSR count). The molecule has 0 saturated carbocycles. The molecule has 1 aromatic carbocycles. The summed E-state index contributed by atoms with van der Waals surface area (Å²) >= 11 is 0. The highest BCUT2D eigenvalue weighted by Gasteiger charge is 2.29. The Balaban J connectivity index is 1.56. The molecule has 0 aliphatic carbocycles. The number of nitrogens with zero attached hydrogens (tertiary/aromatic N) is 3. The number of aromatic nitrogens is 2. The van der Waals surface area contributed by atoms with Crippen LogP contribution in [-0.2, 0) is 32.3 Å². The fourth-order valence-electron chi connectivity index (χ4n) is 4.19. The summed E-state index contributed by atoms with van der Waals surface area (Å²) < 4.78 is 7.36. The molecule has 0 radical (unpaired) electrons. The van der Waals surface area contributed by atoms with E-state index in [1.807, 2.05) is 35.2 Å². The Morgan fingerprint density at radius 3 is 2.46 bits per heavy atom. The van der Waals surface area contributed by atoms with Crippen LogP contribution in [0, 0.1) is 11.8 Å². The van der Waals surface area contributed by atoms with Gasteiger partial charge in [0.15, 0.2) is 5.82 Å². The summed E-state index contributed by atoms with van der Waals surface area (Å²) in [4.78, 5) is 44.3. The van der Waals surface area contributed by atoms with Gasteiger partial charge in [-0.15, -0.1) is 0 Å². The van der Waals surface area contributed by atoms with E-state index in [2.05, 4.69) is 29.5 Å². The summed E-state index contributed by atoms with van der Waals surface area (Å²) in [7, 11) is 0. The topological polar surface area (TPSA) is 132 Å². The highest BCUT2D eigenvalue weighted by atomic mass is 16.5. The Labute approximate surface area is 218 Å². The van der Waals surface area contributed by atoms with Crippen molar-refractivity contribution in [1.82, 2.24) is 19.8 Å². The number of carbonyl (C=O) groups excluding carboxylic acids is 3. The molecule has 4 N–H and O–H groups in total. The number of hydrogen-bond donors (Lipinski definition) is 3. The molecule has 1 aromatic heterocycles. The maximum Gasteiger partial charge on any atom is 0.250 e. The summed E-state index contributed by atoms with van der Waals surface area (Å²) in [5.74, 6) is 0.637. The fourth-order valence-corrected chi connectivity index (χ4v) is 4.19. The Morgan fingerprint density at radius 2 is 1.84 bits per heavy atom. The number of amides is 3. The predicted octanol–water partition coefficient (Wildman–Crippen LogP) is 2.16. The highest BCUT2D eigenvalue weighted by Crippen LogP contribution is 2.24. The average Bonchev–Trinajstić information content (AvgIpc) is 3.29. The lowest BCUT2D eigenvalue weighted by Gasteiger charge is -2.34. The first-order valence-corrected chi connectivity index (χ1v) is 12.8. The summed E-state index contributed by atoms with van der Waals surface area (Å²) in [6, 6.07) is 8.55. The van der Waals surface area contributed by atoms with Gasteiger partial charge in [0, 0.05) is 19.3 Å². The van der Waals surface area contributed by atoms with Crippen molar-refractivity contribution in [2.45, 2.75) is 65.3 Å². The van der Waals surface area contributed by atoms with Crippen LogP contribution in [0.5, 0.6) is 0 Å². The summed E-state index contributed by atoms with van der Waals surface area (Å²) in [6.07, 6.45) is 5.16. The second-order valence-electron chi connectivity index (χ2n) is 10.6. The van der Waals surface area contributed by atoms with Crippen molar-refractivity contribution in [3.63, 3.8) is 0 Å². The Morgan fingerprint density at radius 1 is 1.16 bits per heavy atom. The second-order valence-corrected chi connectivity index (χ2v) is 10.6. The lowest BCUT2D eigenvalue weighted by atomic mass is 9.87. The molecule has 1 fully saturated rings. The fraction of sp³-hybridized carbons (Fsp3) is 0.556. The van der Waals surface area contributed by atoms with Crippen molar-refractivity contribution in [2.24, 2.45) is 17.6 Å². The van der Waals surface area contributed by atoms with Crippen LogP contribution >= 0.6 is 0 Å². The molecule has 0 spiro atoms. The minimum Gasteiger partial charge on any atom is -0.374 e. The van der Waals surface area contributed by atoms with E-state index in [4.69, 9.17) is 10.5 Å². The zero-order valence-electron chi connectivity index (χ0n) is 22.3. The molecule has 2 aromatic rings. The molecule has 1 unspecified atom stereocenters. The van der Waals surface area contributed by atoms with Gasteiger partial charge in [-0.2, -0.15) is 0 Å². The molecule has 10 nitrogen and oxygen atoms in total. The zero-order chi connectivity index (χ0) is 27.0. The van der Waals surface area contributed by atoms with Crippen molar-refractivity contribution in [2.75, 3.05) is 25.0 Å². The molecule has 1 aliphatic rings. The normalized spacial score (nSPS) is 15.5. The number of hydrogen-bond acceptors (Lipinski definition) is 6. The quantitative estimate of drug-likeness (QED) is 0.423. The van der Waals surface area contributed by atoms with E-state index in [9.17, 15) is 14.4 Å². The van der Waals surface area contributed by atoms with Crippen molar-refractivity contribution < 1.29 is 19.1 Å². The van der Waals surface area contributed by atoms with Crippen LogP contribution in [0.2, 0.25) is 0 Å². The van der Waals surface area contributed by atoms with Crippen LogP contribution in [0.3, 0.4) is 0 Å². The Hall–Kier alpha value is -3.24. The first-order chi connectivity index (χ1) is 17.5. The zero-order valence-corrected chi connectivity index (χ0v) is 22.3. The minimum absolute atomic E-state index is 0.0297. The third-order valence-corrected chi connectivity index (χ3v) is 6.64. The molecular formula is C27H40N6O4. The number of benzene rings is 1. The lowest BCUT2D eigenvalue weighted by molar-refractivity contribution is -0.133. The van der Waals surface area contributed by atoms with Gasteiger partial charge in [0.1, 0.15) is 12.6 Å². The van der Waals surface area contributed by atoms with Gasteiger partial charge in [-0.3, -0.25) is 14.4 Å². The third-order valence-electron chi connectivity index (χ3n) is 6.64. The third kappa shape index (κ3) is 8.68. The van der Waals surface area contributed by atoms with Gasteiger partial charge in [0.05, 0.1) is 25.1 Å². The molecule has 1 aliphatic heterocycles. The van der Waals surface area contributed by atoms with Crippen LogP contribution in [0.1, 0.15) is 46.1 Å². The Kier molecular flexibility index (Phi) is 9.82. The van der Waals surface area contributed by atoms with Gasteiger partial charge in [-0.1, -0.05) is 44.2 Å². The highest BCUT2D eigenvalue weighted by molar-refractivity contribution is 5.98. The van der Waals surface area contributed by atoms with Gasteiger partial charge < -0.3 is 30.6 Å². The first-order valence-electron chi connectivity index (χ1n) is 12.8. The van der Waals surface area contributed by atoms with Crippen LogP contribution < -0.4 is 16.4 Å². The molecule has 3 amide bonds. The molecule has 0 bridgehead atoms. The van der Waals surface area contributed by atoms with Crippen molar-refractivity contribution in [3.8, 4) is 0 Å². The maximum atomic E-state index is 13.0. The second kappa shape index (κ2) is 12.8. The number of nitrogens with one attached hydrogen (secondary N) is 2. The first kappa shape index (κ1) is 28.3. The van der Waals surface area contributed by atoms with Gasteiger partial charge in [-0.05, 0) is 44.1 Å². The summed E-state index contributed by atoms with van der Waals surface area (Å²) in [5.41, 5.74) is 5.68. The number of likely N-dealkylation sites (tertiary alicyclic amines) is 1. The van der Waals surface area contributed by atoms with E-state index < -0.39 is 23.4 Å². The van der Waals surface area contributed by atoms with Gasteiger partial charge in [0.25, 0.3) is 5.91 Å². The van der Waals surface area contributed by atoms with Crippen LogP contribution in [0.15, 0.2) is 42.9 Å². The smallest absolute Gasteiger partial charge is 0.250 e. The van der Waals surface area contributed by atoms with Crippen molar-refractivity contribution in [1.29, 1.82) is 0 Å². The SMILES string of the molecule is CC(C)C1CCN(C(=O)Cn2cnc(NC(=O)C(COCc3ccccc3)NC(=O)C(C)(C)N)c2)CC1. The molecule has 1 saturated heterocycles. The largest absolute Gasteiger partial charge is 0.374 e. The van der Waals surface area contributed by atoms with Crippen LogP contribution in [0.4, 0.5) is 5.82 Å². The number of imidazole rings is 1. The number of carbonyl (C=O) groups is 3. The van der Waals surface area contributed by atoms with E-state index >= 15 is 0 Å². The van der Waals surface area contributed by atoms with E-state index in [0.29, 0.717) is 11.8 Å². The maximum absolute atomic E-state index is 13.0. The summed E-state index contributed by atoms with van der Waals surface area (Å²) in [5, 5.41) is 5.37. The molecule has 1 atom stereocenters. The van der Waals surface area contributed by atoms with Gasteiger partial charge >= 0.3 is 0 Å². The van der Waals surface area contributed by atoms with Gasteiger partial charge in [0.2, 0.25) is 11.8 Å². The van der Waals surface area contributed by atoms with E-state index in [1.165, 1.54) is 6.33 Å². The number of anilines is 1. The van der Waals surface area contributed by atoms with Crippen molar-refractivity contribution >= 4 is 23.5 Å². The molecule has 10 heteroatoms. The number of rotatable bonds is 11. The average molecular weight is 513 g/mol. The molecule has 202 valence electrons. The minimum atomic E-state index is -1.16. The van der Waals surface area contributed by atoms with Gasteiger partial charge in [-0.25, -0.2) is 4.98 Å². The number of nitrogens with two attached hydrogens (primary N) is 1. The molecule has 37 heavy (non-hydrogen) atoms.